The van der Waals surface area contributed by atoms with Gasteiger partial charge in [0.15, 0.2) is 11.6 Å². The molecular formula is C15H12F2N2O. The van der Waals surface area contributed by atoms with Gasteiger partial charge in [-0.25, -0.2) is 8.78 Å². The minimum absolute atomic E-state index is 0.109. The third kappa shape index (κ3) is 2.86. The molecule has 5 heteroatoms. The van der Waals surface area contributed by atoms with E-state index < -0.39 is 11.6 Å². The molecule has 0 aliphatic carbocycles. The zero-order chi connectivity index (χ0) is 14.5. The molecule has 0 aromatic heterocycles. The fourth-order valence-electron chi connectivity index (χ4n) is 1.75. The maximum atomic E-state index is 13.7. The molecule has 1 N–H and O–H groups in total. The molecule has 0 spiro atoms. The molecule has 0 bridgehead atoms. The first kappa shape index (κ1) is 13.8. The van der Waals surface area contributed by atoms with Crippen LogP contribution in [0.15, 0.2) is 36.4 Å². The van der Waals surface area contributed by atoms with Crippen LogP contribution in [0, 0.1) is 23.0 Å². The minimum Gasteiger partial charge on any atom is -0.491 e. The average Bonchev–Trinajstić information content (AvgIpc) is 2.42. The van der Waals surface area contributed by atoms with E-state index >= 15 is 0 Å². The molecule has 0 aliphatic rings. The van der Waals surface area contributed by atoms with Crippen molar-refractivity contribution in [1.82, 2.24) is 0 Å². The van der Waals surface area contributed by atoms with E-state index in [1.54, 1.807) is 25.1 Å². The second-order valence-electron chi connectivity index (χ2n) is 3.98. The Labute approximate surface area is 115 Å². The Morgan fingerprint density at radius 2 is 2.00 bits per heavy atom. The standard InChI is InChI=1S/C15H12F2N2O/c1-2-20-15-7-6-10(8-13(15)17)19-14-5-3-4-12(16)11(14)9-18/h3-8,19H,2H2,1H3. The molecule has 2 aromatic carbocycles. The van der Waals surface area contributed by atoms with E-state index in [0.717, 1.165) is 0 Å². The van der Waals surface area contributed by atoms with Crippen LogP contribution in [-0.4, -0.2) is 6.61 Å². The lowest BCUT2D eigenvalue weighted by Crippen LogP contribution is -1.98. The number of halogens is 2. The number of hydrogen-bond acceptors (Lipinski definition) is 3. The molecule has 2 aromatic rings. The largest absolute Gasteiger partial charge is 0.491 e. The third-order valence-corrected chi connectivity index (χ3v) is 2.64. The van der Waals surface area contributed by atoms with Crippen LogP contribution in [0.4, 0.5) is 20.2 Å². The van der Waals surface area contributed by atoms with Crippen molar-refractivity contribution in [1.29, 1.82) is 5.26 Å². The van der Waals surface area contributed by atoms with Crippen LogP contribution in [0.2, 0.25) is 0 Å². The van der Waals surface area contributed by atoms with Gasteiger partial charge in [-0.2, -0.15) is 5.26 Å². The SMILES string of the molecule is CCOc1ccc(Nc2cccc(F)c2C#N)cc1F. The highest BCUT2D eigenvalue weighted by molar-refractivity contribution is 5.67. The van der Waals surface area contributed by atoms with Crippen LogP contribution in [0.3, 0.4) is 0 Å². The topological polar surface area (TPSA) is 45.0 Å². The van der Waals surface area contributed by atoms with Crippen molar-refractivity contribution in [3.8, 4) is 11.8 Å². The summed E-state index contributed by atoms with van der Waals surface area (Å²) in [7, 11) is 0. The van der Waals surface area contributed by atoms with Gasteiger partial charge >= 0.3 is 0 Å². The molecule has 0 amide bonds. The van der Waals surface area contributed by atoms with E-state index in [2.05, 4.69) is 5.32 Å². The van der Waals surface area contributed by atoms with Gasteiger partial charge in [0.05, 0.1) is 12.3 Å². The second kappa shape index (κ2) is 6.02. The number of hydrogen-bond donors (Lipinski definition) is 1. The fourth-order valence-corrected chi connectivity index (χ4v) is 1.75. The van der Waals surface area contributed by atoms with Gasteiger partial charge in [0.25, 0.3) is 0 Å². The molecule has 2 rings (SSSR count). The van der Waals surface area contributed by atoms with Crippen LogP contribution in [0.5, 0.6) is 5.75 Å². The summed E-state index contributed by atoms with van der Waals surface area (Å²) in [6.07, 6.45) is 0. The number of nitrogens with one attached hydrogen (secondary N) is 1. The predicted molar refractivity (Wildman–Crippen MR) is 72.0 cm³/mol. The lowest BCUT2D eigenvalue weighted by molar-refractivity contribution is 0.321. The van der Waals surface area contributed by atoms with E-state index in [1.165, 1.54) is 24.3 Å². The summed E-state index contributed by atoms with van der Waals surface area (Å²) in [5.41, 5.74) is 0.589. The minimum atomic E-state index is -0.621. The van der Waals surface area contributed by atoms with Gasteiger partial charge in [-0.3, -0.25) is 0 Å². The smallest absolute Gasteiger partial charge is 0.167 e. The van der Waals surface area contributed by atoms with Gasteiger partial charge in [-0.1, -0.05) is 6.07 Å². The first-order chi connectivity index (χ1) is 9.65. The Kier molecular flexibility index (Phi) is 4.16. The normalized spacial score (nSPS) is 9.90. The molecule has 0 heterocycles. The summed E-state index contributed by atoms with van der Waals surface area (Å²) < 4.78 is 32.2. The van der Waals surface area contributed by atoms with Crippen molar-refractivity contribution in [3.05, 3.63) is 53.6 Å². The van der Waals surface area contributed by atoms with E-state index in [0.29, 0.717) is 12.3 Å². The number of benzene rings is 2. The zero-order valence-corrected chi connectivity index (χ0v) is 10.8. The first-order valence-corrected chi connectivity index (χ1v) is 6.03. The maximum absolute atomic E-state index is 13.7. The van der Waals surface area contributed by atoms with Crippen molar-refractivity contribution in [2.45, 2.75) is 6.92 Å². The van der Waals surface area contributed by atoms with Gasteiger partial charge in [0, 0.05) is 11.8 Å². The van der Waals surface area contributed by atoms with Crippen molar-refractivity contribution in [2.24, 2.45) is 0 Å². The van der Waals surface area contributed by atoms with Crippen LogP contribution in [0.1, 0.15) is 12.5 Å². The Morgan fingerprint density at radius 1 is 1.20 bits per heavy atom. The Morgan fingerprint density at radius 3 is 2.65 bits per heavy atom. The van der Waals surface area contributed by atoms with Gasteiger partial charge in [-0.15, -0.1) is 0 Å². The second-order valence-corrected chi connectivity index (χ2v) is 3.98. The number of rotatable bonds is 4. The van der Waals surface area contributed by atoms with Crippen LogP contribution in [-0.2, 0) is 0 Å². The van der Waals surface area contributed by atoms with Crippen molar-refractivity contribution in [2.75, 3.05) is 11.9 Å². The highest BCUT2D eigenvalue weighted by Gasteiger charge is 2.09. The molecule has 0 saturated carbocycles. The number of ether oxygens (including phenoxy) is 1. The summed E-state index contributed by atoms with van der Waals surface area (Å²) in [5, 5.41) is 11.7. The molecule has 0 unspecified atom stereocenters. The molecule has 0 atom stereocenters. The number of nitriles is 1. The van der Waals surface area contributed by atoms with E-state index in [1.807, 2.05) is 0 Å². The van der Waals surface area contributed by atoms with E-state index in [4.69, 9.17) is 10.00 Å². The van der Waals surface area contributed by atoms with Crippen LogP contribution >= 0.6 is 0 Å². The molecule has 3 nitrogen and oxygen atoms in total. The molecule has 102 valence electrons. The predicted octanol–water partition coefficient (Wildman–Crippen LogP) is 3.98. The summed E-state index contributed by atoms with van der Waals surface area (Å²) in [5.74, 6) is -0.992. The highest BCUT2D eigenvalue weighted by atomic mass is 19.1. The lowest BCUT2D eigenvalue weighted by Gasteiger charge is -2.10. The molecule has 20 heavy (non-hydrogen) atoms. The van der Waals surface area contributed by atoms with Gasteiger partial charge in [-0.05, 0) is 31.2 Å². The Bertz CT molecular complexity index is 665. The average molecular weight is 274 g/mol. The van der Waals surface area contributed by atoms with Crippen LogP contribution < -0.4 is 10.1 Å². The van der Waals surface area contributed by atoms with Crippen LogP contribution in [0.25, 0.3) is 0 Å². The summed E-state index contributed by atoms with van der Waals surface area (Å²) in [6, 6.07) is 10.3. The Balaban J connectivity index is 2.29. The van der Waals surface area contributed by atoms with E-state index in [-0.39, 0.29) is 17.0 Å². The number of anilines is 2. The molecule has 0 saturated heterocycles. The van der Waals surface area contributed by atoms with Gasteiger partial charge in [0.2, 0.25) is 0 Å². The van der Waals surface area contributed by atoms with Crippen molar-refractivity contribution in [3.63, 3.8) is 0 Å². The third-order valence-electron chi connectivity index (χ3n) is 2.64. The van der Waals surface area contributed by atoms with Gasteiger partial charge in [0.1, 0.15) is 17.4 Å². The first-order valence-electron chi connectivity index (χ1n) is 6.03. The summed E-state index contributed by atoms with van der Waals surface area (Å²) in [4.78, 5) is 0. The van der Waals surface area contributed by atoms with E-state index in [9.17, 15) is 8.78 Å². The number of nitrogens with zero attached hydrogens (tertiary/aromatic N) is 1. The summed E-state index contributed by atoms with van der Waals surface area (Å²) >= 11 is 0. The molecule has 0 aliphatic heterocycles. The van der Waals surface area contributed by atoms with Crippen molar-refractivity contribution < 1.29 is 13.5 Å². The zero-order valence-electron chi connectivity index (χ0n) is 10.8. The fraction of sp³-hybridized carbons (Fsp3) is 0.133. The monoisotopic (exact) mass is 274 g/mol. The summed E-state index contributed by atoms with van der Waals surface area (Å²) in [6.45, 7) is 2.13. The lowest BCUT2D eigenvalue weighted by atomic mass is 10.1. The Hall–Kier alpha value is -2.61. The maximum Gasteiger partial charge on any atom is 0.167 e. The van der Waals surface area contributed by atoms with Gasteiger partial charge < -0.3 is 10.1 Å². The molecule has 0 fully saturated rings. The molecular weight excluding hydrogens is 262 g/mol. The molecule has 0 radical (unpaired) electrons. The van der Waals surface area contributed by atoms with Crippen molar-refractivity contribution >= 4 is 11.4 Å². The highest BCUT2D eigenvalue weighted by Crippen LogP contribution is 2.26. The quantitative estimate of drug-likeness (QED) is 0.917.